The highest BCUT2D eigenvalue weighted by atomic mass is 32.1. The molecule has 0 saturated carbocycles. The lowest BCUT2D eigenvalue weighted by Crippen LogP contribution is -2.29. The third kappa shape index (κ3) is 3.93. The molecule has 0 radical (unpaired) electrons. The number of aryl methyl sites for hydroxylation is 1. The van der Waals surface area contributed by atoms with Gasteiger partial charge in [-0.1, -0.05) is 53.3 Å². The summed E-state index contributed by atoms with van der Waals surface area (Å²) < 4.78 is 19.0. The molecule has 180 valence electrons. The highest BCUT2D eigenvalue weighted by Crippen LogP contribution is 2.44. The molecule has 1 saturated heterocycles. The van der Waals surface area contributed by atoms with Crippen LogP contribution in [0.2, 0.25) is 0 Å². The summed E-state index contributed by atoms with van der Waals surface area (Å²) in [5.74, 6) is -3.06. The molecule has 1 amide bonds. The lowest BCUT2D eigenvalue weighted by atomic mass is 9.94. The Morgan fingerprint density at radius 2 is 1.69 bits per heavy atom. The topological polar surface area (TPSA) is 96.8 Å². The number of benzene rings is 3. The van der Waals surface area contributed by atoms with Crippen molar-refractivity contribution in [2.75, 3.05) is 12.0 Å². The summed E-state index contributed by atoms with van der Waals surface area (Å²) in [6, 6.07) is 16.1. The number of ketones is 1. The van der Waals surface area contributed by atoms with Crippen LogP contribution in [0.15, 0.2) is 72.3 Å². The lowest BCUT2D eigenvalue weighted by molar-refractivity contribution is -0.132. The Kier molecular flexibility index (Phi) is 5.85. The van der Waals surface area contributed by atoms with Crippen LogP contribution in [0.4, 0.5) is 9.52 Å². The number of rotatable bonds is 4. The van der Waals surface area contributed by atoms with E-state index in [9.17, 15) is 23.9 Å². The number of aromatic nitrogens is 1. The number of esters is 1. The van der Waals surface area contributed by atoms with E-state index >= 15 is 0 Å². The maximum absolute atomic E-state index is 13.8. The van der Waals surface area contributed by atoms with Gasteiger partial charge in [-0.15, -0.1) is 0 Å². The molecule has 5 rings (SSSR count). The van der Waals surface area contributed by atoms with Gasteiger partial charge >= 0.3 is 11.9 Å². The number of aliphatic hydroxyl groups is 1. The fourth-order valence-corrected chi connectivity index (χ4v) is 5.14. The number of amides is 1. The molecule has 0 aliphatic carbocycles. The molecule has 1 aliphatic rings. The van der Waals surface area contributed by atoms with Crippen molar-refractivity contribution < 1.29 is 28.6 Å². The number of fused-ring (bicyclic) bond motifs is 1. The molecule has 1 N–H and O–H groups in total. The van der Waals surface area contributed by atoms with E-state index in [1.165, 1.54) is 42.3 Å². The van der Waals surface area contributed by atoms with Gasteiger partial charge in [0.25, 0.3) is 5.78 Å². The zero-order chi connectivity index (χ0) is 25.6. The van der Waals surface area contributed by atoms with E-state index in [2.05, 4.69) is 4.98 Å². The van der Waals surface area contributed by atoms with Crippen molar-refractivity contribution in [2.45, 2.75) is 13.0 Å². The van der Waals surface area contributed by atoms with Crippen molar-refractivity contribution in [3.8, 4) is 0 Å². The van der Waals surface area contributed by atoms with Gasteiger partial charge < -0.3 is 9.84 Å². The van der Waals surface area contributed by atoms with E-state index in [0.29, 0.717) is 21.3 Å². The number of aliphatic hydroxyl groups excluding tert-OH is 1. The van der Waals surface area contributed by atoms with Crippen molar-refractivity contribution in [1.29, 1.82) is 0 Å². The third-order valence-electron chi connectivity index (χ3n) is 5.96. The van der Waals surface area contributed by atoms with Crippen molar-refractivity contribution in [1.82, 2.24) is 4.98 Å². The van der Waals surface area contributed by atoms with Gasteiger partial charge in [-0.3, -0.25) is 14.5 Å². The Balaban J connectivity index is 1.70. The number of anilines is 1. The Morgan fingerprint density at radius 1 is 1.03 bits per heavy atom. The molecular formula is C27H19FN2O5S. The van der Waals surface area contributed by atoms with Crippen LogP contribution >= 0.6 is 11.3 Å². The quantitative estimate of drug-likeness (QED) is 0.179. The van der Waals surface area contributed by atoms with Gasteiger partial charge in [0, 0.05) is 5.56 Å². The molecule has 4 aromatic rings. The number of nitrogens with zero attached hydrogens (tertiary/aromatic N) is 2. The van der Waals surface area contributed by atoms with Gasteiger partial charge in [0.15, 0.2) is 5.13 Å². The Hall–Kier alpha value is -4.37. The normalized spacial score (nSPS) is 17.1. The second-order valence-electron chi connectivity index (χ2n) is 8.26. The van der Waals surface area contributed by atoms with Crippen LogP contribution in [0, 0.1) is 12.7 Å². The Labute approximate surface area is 209 Å². The number of hydrogen-bond acceptors (Lipinski definition) is 7. The molecule has 0 unspecified atom stereocenters. The average molecular weight is 503 g/mol. The van der Waals surface area contributed by atoms with Crippen molar-refractivity contribution >= 4 is 50.1 Å². The summed E-state index contributed by atoms with van der Waals surface area (Å²) in [5.41, 5.74) is 2.45. The van der Waals surface area contributed by atoms with E-state index < -0.39 is 29.5 Å². The number of carbonyl (C=O) groups excluding carboxylic acids is 3. The number of hydrogen-bond donors (Lipinski definition) is 1. The number of halogens is 1. The van der Waals surface area contributed by atoms with Gasteiger partial charge in [0.2, 0.25) is 0 Å². The van der Waals surface area contributed by atoms with Crippen LogP contribution in [-0.2, 0) is 14.3 Å². The summed E-state index contributed by atoms with van der Waals surface area (Å²) in [7, 11) is 1.27. The highest BCUT2D eigenvalue weighted by molar-refractivity contribution is 7.22. The summed E-state index contributed by atoms with van der Waals surface area (Å²) in [4.78, 5) is 44.2. The summed E-state index contributed by atoms with van der Waals surface area (Å²) in [6.07, 6.45) is 0. The van der Waals surface area contributed by atoms with Crippen molar-refractivity contribution in [2.24, 2.45) is 0 Å². The first-order valence-electron chi connectivity index (χ1n) is 10.9. The predicted octanol–water partition coefficient (Wildman–Crippen LogP) is 5.16. The summed E-state index contributed by atoms with van der Waals surface area (Å²) in [6.45, 7) is 1.89. The molecule has 2 heterocycles. The largest absolute Gasteiger partial charge is 0.507 e. The fraction of sp³-hybridized carbons (Fsp3) is 0.111. The smallest absolute Gasteiger partial charge is 0.337 e. The van der Waals surface area contributed by atoms with Crippen molar-refractivity contribution in [3.05, 3.63) is 100 Å². The van der Waals surface area contributed by atoms with E-state index in [1.807, 2.05) is 6.92 Å². The molecule has 1 fully saturated rings. The zero-order valence-corrected chi connectivity index (χ0v) is 20.0. The van der Waals surface area contributed by atoms with Crippen LogP contribution in [-0.4, -0.2) is 34.9 Å². The first-order chi connectivity index (χ1) is 17.3. The van der Waals surface area contributed by atoms with Gasteiger partial charge in [-0.25, -0.2) is 14.2 Å². The second-order valence-corrected chi connectivity index (χ2v) is 9.27. The minimum absolute atomic E-state index is 0.111. The minimum atomic E-state index is -1.02. The monoisotopic (exact) mass is 502 g/mol. The van der Waals surface area contributed by atoms with Gasteiger partial charge in [-0.2, -0.15) is 0 Å². The molecular weight excluding hydrogens is 483 g/mol. The van der Waals surface area contributed by atoms with Crippen molar-refractivity contribution in [3.63, 3.8) is 0 Å². The Bertz CT molecular complexity index is 1560. The van der Waals surface area contributed by atoms with E-state index in [0.717, 1.165) is 16.9 Å². The maximum Gasteiger partial charge on any atom is 0.337 e. The lowest BCUT2D eigenvalue weighted by Gasteiger charge is -2.23. The van der Waals surface area contributed by atoms with Gasteiger partial charge in [-0.05, 0) is 42.8 Å². The van der Waals surface area contributed by atoms with Crippen LogP contribution in [0.5, 0.6) is 0 Å². The number of carbonyl (C=O) groups is 3. The number of thiazole rings is 1. The first kappa shape index (κ1) is 23.4. The molecule has 3 aromatic carbocycles. The average Bonchev–Trinajstić information content (AvgIpc) is 3.41. The molecule has 36 heavy (non-hydrogen) atoms. The van der Waals surface area contributed by atoms with E-state index in [-0.39, 0.29) is 22.0 Å². The summed E-state index contributed by atoms with van der Waals surface area (Å²) in [5, 5.41) is 11.4. The number of Topliss-reactive ketones (excluding diaryl/α,β-unsaturated/α-hetero) is 1. The third-order valence-corrected chi connectivity index (χ3v) is 6.98. The number of methoxy groups -OCH3 is 1. The molecule has 7 nitrogen and oxygen atoms in total. The molecule has 0 bridgehead atoms. The molecule has 1 atom stereocenters. The van der Waals surface area contributed by atoms with Crippen LogP contribution in [0.25, 0.3) is 16.0 Å². The van der Waals surface area contributed by atoms with Crippen LogP contribution < -0.4 is 4.90 Å². The van der Waals surface area contributed by atoms with Gasteiger partial charge in [0.05, 0.1) is 34.5 Å². The molecule has 1 aromatic heterocycles. The second kappa shape index (κ2) is 9.01. The SMILES string of the molecule is COC(=O)c1ccc([C@@H]2C(=C(O)c3ccc(C)cc3)C(=O)C(=O)N2c2nc3ccc(F)cc3s2)cc1. The van der Waals surface area contributed by atoms with E-state index in [4.69, 9.17) is 4.74 Å². The van der Waals surface area contributed by atoms with Crippen LogP contribution in [0.1, 0.15) is 33.1 Å². The fourth-order valence-electron chi connectivity index (χ4n) is 4.12. The minimum Gasteiger partial charge on any atom is -0.507 e. The molecule has 9 heteroatoms. The predicted molar refractivity (Wildman–Crippen MR) is 133 cm³/mol. The Morgan fingerprint density at radius 3 is 2.36 bits per heavy atom. The van der Waals surface area contributed by atoms with E-state index in [1.54, 1.807) is 36.4 Å². The molecule has 1 aliphatic heterocycles. The highest BCUT2D eigenvalue weighted by Gasteiger charge is 2.48. The summed E-state index contributed by atoms with van der Waals surface area (Å²) >= 11 is 1.06. The standard InChI is InChI=1S/C27H19FN2O5S/c1-14-3-5-16(6-4-14)23(31)21-22(15-7-9-17(10-8-15)26(34)35-2)30(25(33)24(21)32)27-29-19-12-11-18(28)13-20(19)36-27/h3-13,22,31H,1-2H3/t22-/m1/s1. The first-order valence-corrected chi connectivity index (χ1v) is 11.7. The number of ether oxygens (including phenoxy) is 1. The molecule has 0 spiro atoms. The van der Waals surface area contributed by atoms with Crippen LogP contribution in [0.3, 0.4) is 0 Å². The van der Waals surface area contributed by atoms with Gasteiger partial charge in [0.1, 0.15) is 11.6 Å². The zero-order valence-electron chi connectivity index (χ0n) is 19.2. The maximum atomic E-state index is 13.8.